The Bertz CT molecular complexity index is 351. The van der Waals surface area contributed by atoms with E-state index in [1.165, 1.54) is 0 Å². The lowest BCUT2D eigenvalue weighted by molar-refractivity contribution is 0.00626. The zero-order chi connectivity index (χ0) is 13.3. The van der Waals surface area contributed by atoms with Crippen LogP contribution >= 0.6 is 0 Å². The van der Waals surface area contributed by atoms with Crippen LogP contribution in [0.1, 0.15) is 27.2 Å². The summed E-state index contributed by atoms with van der Waals surface area (Å²) in [4.78, 5) is 27.1. The Morgan fingerprint density at radius 2 is 2.11 bits per heavy atom. The number of rotatable bonds is 0. The molecule has 2 saturated heterocycles. The van der Waals surface area contributed by atoms with Crippen molar-refractivity contribution in [1.82, 2.24) is 15.1 Å². The SMILES string of the molecule is CC(C)(C)OC(=O)N1CCN2C(=O)NCCC2C1. The molecule has 3 amide bonds. The molecule has 2 aliphatic rings. The molecule has 1 unspecified atom stereocenters. The standard InChI is InChI=1S/C12H21N3O3/c1-12(2,3)18-11(17)14-6-7-15-9(8-14)4-5-13-10(15)16/h9H,4-8H2,1-3H3,(H,13,16). The number of nitrogens with zero attached hydrogens (tertiary/aromatic N) is 2. The predicted octanol–water partition coefficient (Wildman–Crippen LogP) is 1.02. The first-order valence-electron chi connectivity index (χ1n) is 6.39. The number of ether oxygens (including phenoxy) is 1. The largest absolute Gasteiger partial charge is 0.444 e. The summed E-state index contributed by atoms with van der Waals surface area (Å²) in [6.07, 6.45) is 0.596. The van der Waals surface area contributed by atoms with Gasteiger partial charge in [-0.05, 0) is 27.2 Å². The van der Waals surface area contributed by atoms with Gasteiger partial charge in [-0.3, -0.25) is 0 Å². The van der Waals surface area contributed by atoms with Crippen molar-refractivity contribution in [3.8, 4) is 0 Å². The molecule has 0 aromatic rings. The number of urea groups is 1. The topological polar surface area (TPSA) is 61.9 Å². The molecular formula is C12H21N3O3. The summed E-state index contributed by atoms with van der Waals surface area (Å²) >= 11 is 0. The fraction of sp³-hybridized carbons (Fsp3) is 0.833. The van der Waals surface area contributed by atoms with E-state index in [1.54, 1.807) is 4.90 Å². The molecule has 0 bridgehead atoms. The van der Waals surface area contributed by atoms with E-state index in [9.17, 15) is 9.59 Å². The van der Waals surface area contributed by atoms with Crippen LogP contribution in [0, 0.1) is 0 Å². The van der Waals surface area contributed by atoms with Gasteiger partial charge in [0.1, 0.15) is 5.60 Å². The molecule has 2 aliphatic heterocycles. The van der Waals surface area contributed by atoms with Gasteiger partial charge in [0.05, 0.1) is 6.04 Å². The van der Waals surface area contributed by atoms with Gasteiger partial charge in [0.25, 0.3) is 0 Å². The third-order valence-corrected chi connectivity index (χ3v) is 3.15. The molecule has 6 heteroatoms. The highest BCUT2D eigenvalue weighted by Crippen LogP contribution is 2.18. The summed E-state index contributed by atoms with van der Waals surface area (Å²) in [5.41, 5.74) is -0.474. The molecule has 2 heterocycles. The predicted molar refractivity (Wildman–Crippen MR) is 66.3 cm³/mol. The quantitative estimate of drug-likeness (QED) is 0.703. The van der Waals surface area contributed by atoms with E-state index >= 15 is 0 Å². The summed E-state index contributed by atoms with van der Waals surface area (Å²) in [6.45, 7) is 7.94. The fourth-order valence-electron chi connectivity index (χ4n) is 2.31. The van der Waals surface area contributed by atoms with E-state index in [1.807, 2.05) is 25.7 Å². The number of hydrogen-bond donors (Lipinski definition) is 1. The fourth-order valence-corrected chi connectivity index (χ4v) is 2.31. The average Bonchev–Trinajstić information content (AvgIpc) is 2.26. The van der Waals surface area contributed by atoms with Crippen LogP contribution in [-0.4, -0.2) is 59.7 Å². The van der Waals surface area contributed by atoms with Crippen molar-refractivity contribution < 1.29 is 14.3 Å². The summed E-state index contributed by atoms with van der Waals surface area (Å²) in [5.74, 6) is 0. The van der Waals surface area contributed by atoms with E-state index in [4.69, 9.17) is 4.74 Å². The minimum absolute atomic E-state index is 0.0184. The second-order valence-electron chi connectivity index (χ2n) is 5.79. The Balaban J connectivity index is 1.94. The van der Waals surface area contributed by atoms with Crippen molar-refractivity contribution >= 4 is 12.1 Å². The second-order valence-corrected chi connectivity index (χ2v) is 5.79. The highest BCUT2D eigenvalue weighted by Gasteiger charge is 2.36. The maximum absolute atomic E-state index is 12.0. The van der Waals surface area contributed by atoms with E-state index in [2.05, 4.69) is 5.32 Å². The molecule has 0 aliphatic carbocycles. The molecule has 2 fully saturated rings. The number of piperazine rings is 1. The van der Waals surface area contributed by atoms with E-state index in [0.29, 0.717) is 26.2 Å². The number of hydrogen-bond acceptors (Lipinski definition) is 3. The van der Waals surface area contributed by atoms with Crippen molar-refractivity contribution in [3.05, 3.63) is 0 Å². The number of carbonyl (C=O) groups is 2. The Kier molecular flexibility index (Phi) is 3.36. The highest BCUT2D eigenvalue weighted by atomic mass is 16.6. The number of nitrogens with one attached hydrogen (secondary N) is 1. The first kappa shape index (κ1) is 13.0. The molecule has 6 nitrogen and oxygen atoms in total. The molecule has 0 aromatic heterocycles. The van der Waals surface area contributed by atoms with Gasteiger partial charge in [0, 0.05) is 26.2 Å². The average molecular weight is 255 g/mol. The Morgan fingerprint density at radius 1 is 1.39 bits per heavy atom. The van der Waals surface area contributed by atoms with Crippen LogP contribution in [0.5, 0.6) is 0 Å². The first-order chi connectivity index (χ1) is 8.37. The smallest absolute Gasteiger partial charge is 0.410 e. The zero-order valence-corrected chi connectivity index (χ0v) is 11.2. The van der Waals surface area contributed by atoms with Gasteiger partial charge >= 0.3 is 12.1 Å². The summed E-state index contributed by atoms with van der Waals surface area (Å²) < 4.78 is 5.35. The minimum Gasteiger partial charge on any atom is -0.444 e. The molecule has 1 atom stereocenters. The van der Waals surface area contributed by atoms with Crippen LogP contribution in [-0.2, 0) is 4.74 Å². The van der Waals surface area contributed by atoms with Gasteiger partial charge in [0.15, 0.2) is 0 Å². The maximum atomic E-state index is 12.0. The maximum Gasteiger partial charge on any atom is 0.410 e. The molecule has 2 rings (SSSR count). The van der Waals surface area contributed by atoms with E-state index in [-0.39, 0.29) is 18.2 Å². The van der Waals surface area contributed by atoms with Crippen LogP contribution in [0.3, 0.4) is 0 Å². The minimum atomic E-state index is -0.474. The van der Waals surface area contributed by atoms with Gasteiger partial charge in [0.2, 0.25) is 0 Å². The van der Waals surface area contributed by atoms with Crippen LogP contribution in [0.25, 0.3) is 0 Å². The molecule has 0 saturated carbocycles. The lowest BCUT2D eigenvalue weighted by Gasteiger charge is -2.43. The van der Waals surface area contributed by atoms with Gasteiger partial charge in [-0.25, -0.2) is 9.59 Å². The number of fused-ring (bicyclic) bond motifs is 1. The molecule has 0 radical (unpaired) electrons. The number of amides is 3. The van der Waals surface area contributed by atoms with Crippen LogP contribution in [0.15, 0.2) is 0 Å². The monoisotopic (exact) mass is 255 g/mol. The second kappa shape index (κ2) is 4.66. The van der Waals surface area contributed by atoms with Gasteiger partial charge in [-0.1, -0.05) is 0 Å². The van der Waals surface area contributed by atoms with E-state index in [0.717, 1.165) is 6.42 Å². The third kappa shape index (κ3) is 2.86. The first-order valence-corrected chi connectivity index (χ1v) is 6.39. The Hall–Kier alpha value is -1.46. The van der Waals surface area contributed by atoms with Crippen molar-refractivity contribution in [2.45, 2.75) is 38.8 Å². The molecule has 0 spiro atoms. The highest BCUT2D eigenvalue weighted by molar-refractivity contribution is 5.76. The Morgan fingerprint density at radius 3 is 2.78 bits per heavy atom. The Labute approximate surface area is 107 Å². The van der Waals surface area contributed by atoms with E-state index < -0.39 is 5.60 Å². The summed E-state index contributed by atoms with van der Waals surface area (Å²) in [7, 11) is 0. The van der Waals surface area contributed by atoms with Crippen molar-refractivity contribution in [2.75, 3.05) is 26.2 Å². The lowest BCUT2D eigenvalue weighted by Crippen LogP contribution is -2.62. The molecule has 0 aromatic carbocycles. The summed E-state index contributed by atoms with van der Waals surface area (Å²) in [5, 5.41) is 2.82. The molecule has 18 heavy (non-hydrogen) atoms. The molecular weight excluding hydrogens is 234 g/mol. The van der Waals surface area contributed by atoms with Crippen molar-refractivity contribution in [1.29, 1.82) is 0 Å². The van der Waals surface area contributed by atoms with Crippen LogP contribution < -0.4 is 5.32 Å². The zero-order valence-electron chi connectivity index (χ0n) is 11.2. The van der Waals surface area contributed by atoms with Crippen molar-refractivity contribution in [3.63, 3.8) is 0 Å². The molecule has 102 valence electrons. The normalized spacial score (nSPS) is 24.4. The summed E-state index contributed by atoms with van der Waals surface area (Å²) in [6, 6.07) is 0.107. The van der Waals surface area contributed by atoms with Gasteiger partial charge < -0.3 is 19.9 Å². The lowest BCUT2D eigenvalue weighted by atomic mass is 10.1. The van der Waals surface area contributed by atoms with Gasteiger partial charge in [-0.2, -0.15) is 0 Å². The van der Waals surface area contributed by atoms with Crippen LogP contribution in [0.2, 0.25) is 0 Å². The van der Waals surface area contributed by atoms with Crippen molar-refractivity contribution in [2.24, 2.45) is 0 Å². The van der Waals surface area contributed by atoms with Gasteiger partial charge in [-0.15, -0.1) is 0 Å². The molecule has 1 N–H and O–H groups in total. The van der Waals surface area contributed by atoms with Crippen LogP contribution in [0.4, 0.5) is 9.59 Å². The third-order valence-electron chi connectivity index (χ3n) is 3.15. The number of carbonyl (C=O) groups excluding carboxylic acids is 2.